The first-order valence-corrected chi connectivity index (χ1v) is 4.26. The van der Waals surface area contributed by atoms with Gasteiger partial charge in [0.2, 0.25) is 0 Å². The maximum atomic E-state index is 12.9. The predicted octanol–water partition coefficient (Wildman–Crippen LogP) is 1.86. The lowest BCUT2D eigenvalue weighted by Gasteiger charge is -2.12. The summed E-state index contributed by atoms with van der Waals surface area (Å²) in [6.45, 7) is 1.92. The fourth-order valence-electron chi connectivity index (χ4n) is 1.13. The van der Waals surface area contributed by atoms with E-state index in [0.29, 0.717) is 11.3 Å². The molecular weight excluding hydrogens is 181 g/mol. The van der Waals surface area contributed by atoms with Crippen molar-refractivity contribution >= 4 is 0 Å². The second-order valence-electron chi connectivity index (χ2n) is 2.96. The molecule has 1 aromatic carbocycles. The molecule has 2 nitrogen and oxygen atoms in total. The Morgan fingerprint density at radius 2 is 2.36 bits per heavy atom. The summed E-state index contributed by atoms with van der Waals surface area (Å²) < 4.78 is 18.1. The van der Waals surface area contributed by atoms with Gasteiger partial charge in [0, 0.05) is 11.6 Å². The fourth-order valence-corrected chi connectivity index (χ4v) is 1.13. The summed E-state index contributed by atoms with van der Waals surface area (Å²) in [5.41, 5.74) is 6.28. The molecule has 2 N–H and O–H groups in total. The maximum absolute atomic E-state index is 12.9. The molecule has 0 aromatic heterocycles. The van der Waals surface area contributed by atoms with Gasteiger partial charge in [-0.05, 0) is 25.1 Å². The summed E-state index contributed by atoms with van der Waals surface area (Å²) in [5, 5.41) is 0. The third-order valence-corrected chi connectivity index (χ3v) is 1.77. The number of hydrogen-bond donors (Lipinski definition) is 1. The van der Waals surface area contributed by atoms with E-state index in [-0.39, 0.29) is 18.5 Å². The van der Waals surface area contributed by atoms with Crippen LogP contribution in [0.3, 0.4) is 0 Å². The molecule has 1 atom stereocenters. The van der Waals surface area contributed by atoms with Crippen molar-refractivity contribution in [3.8, 4) is 18.1 Å². The van der Waals surface area contributed by atoms with Gasteiger partial charge in [-0.1, -0.05) is 5.92 Å². The predicted molar refractivity (Wildman–Crippen MR) is 53.3 cm³/mol. The smallest absolute Gasteiger partial charge is 0.148 e. The second-order valence-corrected chi connectivity index (χ2v) is 2.96. The molecule has 3 heteroatoms. The topological polar surface area (TPSA) is 35.2 Å². The Hall–Kier alpha value is -1.53. The summed E-state index contributed by atoms with van der Waals surface area (Å²) in [5.74, 6) is 2.55. The highest BCUT2D eigenvalue weighted by Gasteiger charge is 2.08. The second kappa shape index (κ2) is 4.64. The van der Waals surface area contributed by atoms with E-state index in [4.69, 9.17) is 16.9 Å². The number of nitrogens with two attached hydrogens (primary N) is 1. The molecule has 0 saturated heterocycles. The largest absolute Gasteiger partial charge is 0.481 e. The first kappa shape index (κ1) is 10.6. The standard InChI is InChI=1S/C11H12FNO/c1-3-6-14-11-5-4-9(12)7-10(11)8(2)13/h1,4-5,7-8H,6,13H2,2H3/t8-/m1/s1. The Morgan fingerprint density at radius 3 is 2.93 bits per heavy atom. The first-order valence-electron chi connectivity index (χ1n) is 4.26. The van der Waals surface area contributed by atoms with Crippen LogP contribution in [0.15, 0.2) is 18.2 Å². The molecular formula is C11H12FNO. The fraction of sp³-hybridized carbons (Fsp3) is 0.273. The molecule has 0 aliphatic heterocycles. The highest BCUT2D eigenvalue weighted by Crippen LogP contribution is 2.24. The van der Waals surface area contributed by atoms with Gasteiger partial charge in [0.1, 0.15) is 18.2 Å². The van der Waals surface area contributed by atoms with Gasteiger partial charge < -0.3 is 10.5 Å². The summed E-state index contributed by atoms with van der Waals surface area (Å²) >= 11 is 0. The van der Waals surface area contributed by atoms with Crippen molar-refractivity contribution in [1.29, 1.82) is 0 Å². The minimum absolute atomic E-state index is 0.158. The van der Waals surface area contributed by atoms with Crippen LogP contribution < -0.4 is 10.5 Å². The van der Waals surface area contributed by atoms with E-state index >= 15 is 0 Å². The zero-order chi connectivity index (χ0) is 10.6. The molecule has 0 fully saturated rings. The van der Waals surface area contributed by atoms with Crippen molar-refractivity contribution in [2.75, 3.05) is 6.61 Å². The minimum Gasteiger partial charge on any atom is -0.481 e. The number of rotatable bonds is 3. The molecule has 14 heavy (non-hydrogen) atoms. The lowest BCUT2D eigenvalue weighted by Crippen LogP contribution is -2.08. The number of halogens is 1. The highest BCUT2D eigenvalue weighted by molar-refractivity contribution is 5.36. The van der Waals surface area contributed by atoms with Crippen molar-refractivity contribution in [2.45, 2.75) is 13.0 Å². The van der Waals surface area contributed by atoms with Crippen molar-refractivity contribution in [1.82, 2.24) is 0 Å². The Bertz CT molecular complexity index is 355. The highest BCUT2D eigenvalue weighted by atomic mass is 19.1. The monoisotopic (exact) mass is 193 g/mol. The van der Waals surface area contributed by atoms with E-state index in [1.165, 1.54) is 18.2 Å². The van der Waals surface area contributed by atoms with Gasteiger partial charge >= 0.3 is 0 Å². The summed E-state index contributed by atoms with van der Waals surface area (Å²) in [4.78, 5) is 0. The quantitative estimate of drug-likeness (QED) is 0.743. The van der Waals surface area contributed by atoms with E-state index in [9.17, 15) is 4.39 Å². The number of ether oxygens (including phenoxy) is 1. The van der Waals surface area contributed by atoms with Crippen LogP contribution in [0.25, 0.3) is 0 Å². The van der Waals surface area contributed by atoms with Crippen LogP contribution in [-0.4, -0.2) is 6.61 Å². The molecule has 0 heterocycles. The lowest BCUT2D eigenvalue weighted by molar-refractivity contribution is 0.363. The van der Waals surface area contributed by atoms with Gasteiger partial charge in [0.25, 0.3) is 0 Å². The Labute approximate surface area is 82.9 Å². The third-order valence-electron chi connectivity index (χ3n) is 1.77. The molecule has 74 valence electrons. The van der Waals surface area contributed by atoms with E-state index < -0.39 is 0 Å². The molecule has 0 aliphatic carbocycles. The van der Waals surface area contributed by atoms with Crippen molar-refractivity contribution < 1.29 is 9.13 Å². The van der Waals surface area contributed by atoms with Gasteiger partial charge in [-0.3, -0.25) is 0 Å². The van der Waals surface area contributed by atoms with Crippen LogP contribution in [0.4, 0.5) is 4.39 Å². The lowest BCUT2D eigenvalue weighted by atomic mass is 10.1. The van der Waals surface area contributed by atoms with Crippen molar-refractivity contribution in [2.24, 2.45) is 5.73 Å². The molecule has 0 saturated carbocycles. The van der Waals surface area contributed by atoms with Crippen molar-refractivity contribution in [3.05, 3.63) is 29.6 Å². The van der Waals surface area contributed by atoms with E-state index in [1.807, 2.05) is 0 Å². The van der Waals surface area contributed by atoms with Crippen LogP contribution in [0, 0.1) is 18.2 Å². The number of benzene rings is 1. The minimum atomic E-state index is -0.328. The molecule has 0 spiro atoms. The summed E-state index contributed by atoms with van der Waals surface area (Å²) in [6, 6.07) is 3.93. The summed E-state index contributed by atoms with van der Waals surface area (Å²) in [7, 11) is 0. The molecule has 0 bridgehead atoms. The van der Waals surface area contributed by atoms with Gasteiger partial charge in [-0.25, -0.2) is 4.39 Å². The van der Waals surface area contributed by atoms with E-state index in [2.05, 4.69) is 5.92 Å². The maximum Gasteiger partial charge on any atom is 0.148 e. The van der Waals surface area contributed by atoms with Gasteiger partial charge in [0.05, 0.1) is 0 Å². The van der Waals surface area contributed by atoms with Crippen LogP contribution in [0.2, 0.25) is 0 Å². The molecule has 1 rings (SSSR count). The molecule has 0 aliphatic rings. The Balaban J connectivity index is 2.97. The third kappa shape index (κ3) is 2.48. The van der Waals surface area contributed by atoms with E-state index in [0.717, 1.165) is 0 Å². The van der Waals surface area contributed by atoms with Crippen LogP contribution >= 0.6 is 0 Å². The zero-order valence-electron chi connectivity index (χ0n) is 7.96. The number of terminal acetylenes is 1. The average Bonchev–Trinajstić information content (AvgIpc) is 2.15. The average molecular weight is 193 g/mol. The van der Waals surface area contributed by atoms with Gasteiger partial charge in [-0.15, -0.1) is 6.42 Å². The SMILES string of the molecule is C#CCOc1ccc(F)cc1[C@@H](C)N. The molecule has 0 radical (unpaired) electrons. The summed E-state index contributed by atoms with van der Waals surface area (Å²) in [6.07, 6.45) is 5.05. The normalized spacial score (nSPS) is 11.9. The van der Waals surface area contributed by atoms with Crippen LogP contribution in [-0.2, 0) is 0 Å². The van der Waals surface area contributed by atoms with E-state index in [1.54, 1.807) is 6.92 Å². The molecule has 0 amide bonds. The van der Waals surface area contributed by atoms with Crippen LogP contribution in [0.1, 0.15) is 18.5 Å². The molecule has 0 unspecified atom stereocenters. The first-order chi connectivity index (χ1) is 6.65. The molecule has 1 aromatic rings. The van der Waals surface area contributed by atoms with Crippen molar-refractivity contribution in [3.63, 3.8) is 0 Å². The zero-order valence-corrected chi connectivity index (χ0v) is 7.96. The Morgan fingerprint density at radius 1 is 1.64 bits per heavy atom. The van der Waals surface area contributed by atoms with Crippen LogP contribution in [0.5, 0.6) is 5.75 Å². The number of hydrogen-bond acceptors (Lipinski definition) is 2. The Kier molecular flexibility index (Phi) is 3.49. The van der Waals surface area contributed by atoms with Gasteiger partial charge in [-0.2, -0.15) is 0 Å². The van der Waals surface area contributed by atoms with Gasteiger partial charge in [0.15, 0.2) is 0 Å².